The highest BCUT2D eigenvalue weighted by molar-refractivity contribution is 7.90. The van der Waals surface area contributed by atoms with Gasteiger partial charge < -0.3 is 9.12 Å². The molecule has 0 saturated heterocycles. The smallest absolute Gasteiger partial charge is 0.259 e. The van der Waals surface area contributed by atoms with Crippen molar-refractivity contribution in [2.45, 2.75) is 18.4 Å². The number of nitrogens with zero attached hydrogens (tertiary/aromatic N) is 2. The van der Waals surface area contributed by atoms with E-state index < -0.39 is 17.0 Å². The monoisotopic (exact) mass is 364 g/mol. The molecule has 0 radical (unpaired) electrons. The zero-order valence-electron chi connectivity index (χ0n) is 13.0. The van der Waals surface area contributed by atoms with E-state index in [1.54, 1.807) is 18.3 Å². The van der Waals surface area contributed by atoms with Crippen molar-refractivity contribution in [2.24, 2.45) is 0 Å². The van der Waals surface area contributed by atoms with Crippen molar-refractivity contribution in [1.82, 2.24) is 9.55 Å². The van der Waals surface area contributed by atoms with Crippen molar-refractivity contribution >= 4 is 33.7 Å². The van der Waals surface area contributed by atoms with Crippen LogP contribution in [0, 0.1) is 5.82 Å². The predicted octanol–water partition coefficient (Wildman–Crippen LogP) is 3.61. The first-order valence-corrected chi connectivity index (χ1v) is 9.18. The van der Waals surface area contributed by atoms with Crippen molar-refractivity contribution in [3.8, 4) is 11.1 Å². The van der Waals surface area contributed by atoms with Crippen molar-refractivity contribution in [2.75, 3.05) is 6.26 Å². The lowest BCUT2D eigenvalue weighted by Gasteiger charge is -2.13. The molecule has 0 amide bonds. The molecule has 0 aliphatic heterocycles. The summed E-state index contributed by atoms with van der Waals surface area (Å²) < 4.78 is 27.5. The molecule has 0 saturated carbocycles. The van der Waals surface area contributed by atoms with Crippen LogP contribution >= 0.6 is 11.6 Å². The third kappa shape index (κ3) is 2.92. The fourth-order valence-corrected chi connectivity index (χ4v) is 3.34. The van der Waals surface area contributed by atoms with Crippen molar-refractivity contribution in [1.29, 1.82) is 0 Å². The topological polar surface area (TPSA) is 58.0 Å². The Morgan fingerprint density at radius 3 is 2.71 bits per heavy atom. The predicted molar refractivity (Wildman–Crippen MR) is 94.4 cm³/mol. The third-order valence-electron chi connectivity index (χ3n) is 3.82. The molecular weight excluding hydrogens is 351 g/mol. The van der Waals surface area contributed by atoms with Crippen LogP contribution in [0.25, 0.3) is 22.0 Å². The zero-order chi connectivity index (χ0) is 17.4. The van der Waals surface area contributed by atoms with Crippen LogP contribution in [0.4, 0.5) is 4.39 Å². The normalized spacial score (nSPS) is 12.5. The second-order valence-electron chi connectivity index (χ2n) is 5.27. The molecule has 7 heteroatoms. The first-order valence-electron chi connectivity index (χ1n) is 7.24. The van der Waals surface area contributed by atoms with Gasteiger partial charge in [-0.05, 0) is 42.4 Å². The maximum absolute atomic E-state index is 14.3. The highest BCUT2D eigenvalue weighted by atomic mass is 35.5. The molecule has 3 rings (SSSR count). The first-order chi connectivity index (χ1) is 11.4. The minimum atomic E-state index is -1.27. The Hall–Kier alpha value is -1.89. The Morgan fingerprint density at radius 2 is 2.04 bits per heavy atom. The molecule has 0 spiro atoms. The van der Waals surface area contributed by atoms with E-state index in [4.69, 9.17) is 11.6 Å². The largest absolute Gasteiger partial charge is 0.612 e. The summed E-state index contributed by atoms with van der Waals surface area (Å²) in [5, 5.41) is 0.963. The van der Waals surface area contributed by atoms with Gasteiger partial charge in [0.25, 0.3) is 5.56 Å². The Morgan fingerprint density at radius 1 is 1.29 bits per heavy atom. The molecule has 24 heavy (non-hydrogen) atoms. The number of halogens is 2. The number of rotatable bonds is 3. The van der Waals surface area contributed by atoms with E-state index in [1.807, 2.05) is 6.92 Å². The Labute approximate surface area is 146 Å². The molecule has 2 aromatic heterocycles. The minimum absolute atomic E-state index is 0.131. The van der Waals surface area contributed by atoms with Crippen LogP contribution in [0.1, 0.15) is 6.92 Å². The van der Waals surface area contributed by atoms with Crippen molar-refractivity contribution in [3.63, 3.8) is 0 Å². The minimum Gasteiger partial charge on any atom is -0.612 e. The van der Waals surface area contributed by atoms with Gasteiger partial charge in [-0.2, -0.15) is 0 Å². The van der Waals surface area contributed by atoms with E-state index in [2.05, 4.69) is 4.98 Å². The van der Waals surface area contributed by atoms with Crippen LogP contribution in [-0.2, 0) is 17.7 Å². The number of aromatic nitrogens is 2. The lowest BCUT2D eigenvalue weighted by atomic mass is 10.0. The van der Waals surface area contributed by atoms with Crippen molar-refractivity contribution < 1.29 is 8.94 Å². The van der Waals surface area contributed by atoms with Gasteiger partial charge in [0.15, 0.2) is 4.90 Å². The van der Waals surface area contributed by atoms with Gasteiger partial charge >= 0.3 is 0 Å². The van der Waals surface area contributed by atoms with Crippen LogP contribution in [0.3, 0.4) is 0 Å². The lowest BCUT2D eigenvalue weighted by Crippen LogP contribution is -2.21. The third-order valence-corrected chi connectivity index (χ3v) is 4.95. The van der Waals surface area contributed by atoms with E-state index in [0.717, 1.165) is 0 Å². The van der Waals surface area contributed by atoms with Gasteiger partial charge in [0, 0.05) is 29.8 Å². The van der Waals surface area contributed by atoms with Gasteiger partial charge in [-0.25, -0.2) is 9.37 Å². The lowest BCUT2D eigenvalue weighted by molar-refractivity contribution is 0.599. The number of aryl methyl sites for hydroxylation is 1. The molecule has 2 heterocycles. The highest BCUT2D eigenvalue weighted by Crippen LogP contribution is 2.26. The maximum Gasteiger partial charge on any atom is 0.259 e. The molecule has 1 aromatic carbocycles. The molecule has 1 unspecified atom stereocenters. The van der Waals surface area contributed by atoms with Crippen LogP contribution in [0.15, 0.2) is 46.2 Å². The molecule has 0 bridgehead atoms. The van der Waals surface area contributed by atoms with Gasteiger partial charge in [-0.1, -0.05) is 11.6 Å². The molecule has 4 nitrogen and oxygen atoms in total. The molecular formula is C17H14ClFN2O2S. The molecule has 0 fully saturated rings. The standard InChI is InChI=1S/C17H14ClFN2O2S/c1-3-21-15-8-16(18)20-9-10(15)6-13(17(21)22)12-7-11(24(2)23)4-5-14(12)19/h4-9H,3H2,1-2H3. The Balaban J connectivity index is 2.35. The summed E-state index contributed by atoms with van der Waals surface area (Å²) in [6, 6.07) is 7.34. The van der Waals surface area contributed by atoms with Crippen LogP contribution in [-0.4, -0.2) is 20.4 Å². The zero-order valence-corrected chi connectivity index (χ0v) is 14.6. The van der Waals surface area contributed by atoms with Crippen molar-refractivity contribution in [3.05, 3.63) is 57.9 Å². The van der Waals surface area contributed by atoms with Gasteiger partial charge in [-0.15, -0.1) is 0 Å². The average Bonchev–Trinajstić information content (AvgIpc) is 2.55. The maximum atomic E-state index is 14.3. The SMILES string of the molecule is CCn1c(=O)c(-c2cc([S+](C)[O-])ccc2F)cc2cnc(Cl)cc21. The second kappa shape index (κ2) is 6.55. The van der Waals surface area contributed by atoms with Gasteiger partial charge in [0.1, 0.15) is 17.2 Å². The molecule has 0 aliphatic carbocycles. The van der Waals surface area contributed by atoms with Crippen LogP contribution in [0.5, 0.6) is 0 Å². The number of hydrogen-bond acceptors (Lipinski definition) is 3. The molecule has 1 atom stereocenters. The van der Waals surface area contributed by atoms with E-state index in [-0.39, 0.29) is 21.8 Å². The van der Waals surface area contributed by atoms with E-state index in [1.165, 1.54) is 29.0 Å². The van der Waals surface area contributed by atoms with E-state index >= 15 is 0 Å². The highest BCUT2D eigenvalue weighted by Gasteiger charge is 2.17. The first kappa shape index (κ1) is 17.0. The molecule has 0 aliphatic rings. The number of fused-ring (bicyclic) bond motifs is 1. The summed E-state index contributed by atoms with van der Waals surface area (Å²) in [4.78, 5) is 17.3. The summed E-state index contributed by atoms with van der Waals surface area (Å²) in [5.41, 5.74) is 0.650. The van der Waals surface area contributed by atoms with Gasteiger partial charge in [-0.3, -0.25) is 4.79 Å². The van der Waals surface area contributed by atoms with E-state index in [0.29, 0.717) is 22.3 Å². The second-order valence-corrected chi connectivity index (χ2v) is 7.04. The fraction of sp³-hybridized carbons (Fsp3) is 0.176. The van der Waals surface area contributed by atoms with Gasteiger partial charge in [0.2, 0.25) is 0 Å². The van der Waals surface area contributed by atoms with Gasteiger partial charge in [0.05, 0.1) is 11.1 Å². The molecule has 3 aromatic rings. The summed E-state index contributed by atoms with van der Waals surface area (Å²) in [6.45, 7) is 2.23. The van der Waals surface area contributed by atoms with Crippen LogP contribution < -0.4 is 5.56 Å². The molecule has 0 N–H and O–H groups in total. The number of benzene rings is 1. The molecule has 124 valence electrons. The average molecular weight is 365 g/mol. The Bertz CT molecular complexity index is 988. The summed E-state index contributed by atoms with van der Waals surface area (Å²) in [5.74, 6) is -0.537. The number of hydrogen-bond donors (Lipinski definition) is 0. The van der Waals surface area contributed by atoms with Crippen LogP contribution in [0.2, 0.25) is 5.15 Å². The number of pyridine rings is 2. The quantitative estimate of drug-likeness (QED) is 0.527. The summed E-state index contributed by atoms with van der Waals surface area (Å²) >= 11 is 4.65. The summed E-state index contributed by atoms with van der Waals surface area (Å²) in [7, 11) is 0. The fourth-order valence-electron chi connectivity index (χ4n) is 2.64. The Kier molecular flexibility index (Phi) is 4.62. The van der Waals surface area contributed by atoms with E-state index in [9.17, 15) is 13.7 Å². The summed E-state index contributed by atoms with van der Waals surface area (Å²) in [6.07, 6.45) is 3.06.